The Morgan fingerprint density at radius 3 is 2.76 bits per heavy atom. The predicted molar refractivity (Wildman–Crippen MR) is 108 cm³/mol. The third kappa shape index (κ3) is 6.66. The lowest BCUT2D eigenvalue weighted by Crippen LogP contribution is -2.30. The molecule has 2 heterocycles. The second kappa shape index (κ2) is 11.3. The van der Waals surface area contributed by atoms with Crippen molar-refractivity contribution in [3.63, 3.8) is 0 Å². The highest BCUT2D eigenvalue weighted by Crippen LogP contribution is 2.30. The molecular formula is C21H29N5O3. The molecular weight excluding hydrogens is 370 g/mol. The predicted octanol–water partition coefficient (Wildman–Crippen LogP) is 3.66. The first-order valence-corrected chi connectivity index (χ1v) is 10.4. The number of aliphatic carboxylic acids is 1. The van der Waals surface area contributed by atoms with Crippen molar-refractivity contribution in [1.82, 2.24) is 19.5 Å². The maximum Gasteiger partial charge on any atom is 0.303 e. The number of hydrogen-bond acceptors (Lipinski definition) is 6. The zero-order chi connectivity index (χ0) is 20.3. The quantitative estimate of drug-likeness (QED) is 0.351. The van der Waals surface area contributed by atoms with Crippen molar-refractivity contribution in [1.29, 1.82) is 0 Å². The van der Waals surface area contributed by atoms with Crippen molar-refractivity contribution in [2.24, 2.45) is 11.1 Å². The van der Waals surface area contributed by atoms with E-state index in [1.54, 1.807) is 24.8 Å². The van der Waals surface area contributed by atoms with Gasteiger partial charge in [-0.2, -0.15) is 0 Å². The lowest BCUT2D eigenvalue weighted by atomic mass is 9.82. The number of carboxylic acid groups (broad SMARTS) is 1. The molecule has 3 rings (SSSR count). The van der Waals surface area contributed by atoms with E-state index in [2.05, 4.69) is 24.7 Å². The summed E-state index contributed by atoms with van der Waals surface area (Å²) in [6, 6.07) is -0.0312. The molecule has 0 bridgehead atoms. The molecule has 0 saturated heterocycles. The van der Waals surface area contributed by atoms with Gasteiger partial charge >= 0.3 is 5.97 Å². The van der Waals surface area contributed by atoms with Crippen LogP contribution in [0.3, 0.4) is 0 Å². The van der Waals surface area contributed by atoms with Gasteiger partial charge in [-0.3, -0.25) is 14.8 Å². The molecule has 1 N–H and O–H groups in total. The lowest BCUT2D eigenvalue weighted by molar-refractivity contribution is -0.137. The van der Waals surface area contributed by atoms with E-state index in [0.29, 0.717) is 31.8 Å². The summed E-state index contributed by atoms with van der Waals surface area (Å²) in [5, 5.41) is 13.3. The molecule has 1 unspecified atom stereocenters. The zero-order valence-corrected chi connectivity index (χ0v) is 16.7. The van der Waals surface area contributed by atoms with Crippen LogP contribution in [0, 0.1) is 5.92 Å². The van der Waals surface area contributed by atoms with E-state index in [0.717, 1.165) is 24.2 Å². The van der Waals surface area contributed by atoms with Crippen LogP contribution < -0.4 is 0 Å². The van der Waals surface area contributed by atoms with E-state index in [1.807, 2.05) is 12.5 Å². The Morgan fingerprint density at radius 1 is 1.21 bits per heavy atom. The zero-order valence-electron chi connectivity index (χ0n) is 16.7. The summed E-state index contributed by atoms with van der Waals surface area (Å²) in [5.74, 6) is -0.410. The minimum absolute atomic E-state index is 0.0312. The maximum absolute atomic E-state index is 10.7. The summed E-state index contributed by atoms with van der Waals surface area (Å²) in [6.07, 6.45) is 18.7. The number of hydrogen-bond donors (Lipinski definition) is 1. The van der Waals surface area contributed by atoms with Crippen LogP contribution in [-0.2, 0) is 16.1 Å². The van der Waals surface area contributed by atoms with E-state index in [9.17, 15) is 4.79 Å². The minimum Gasteiger partial charge on any atom is -0.481 e. The van der Waals surface area contributed by atoms with Crippen molar-refractivity contribution < 1.29 is 14.7 Å². The Morgan fingerprint density at radius 2 is 2.07 bits per heavy atom. The van der Waals surface area contributed by atoms with Crippen molar-refractivity contribution in [2.45, 2.75) is 63.8 Å². The Bertz CT molecular complexity index is 758. The van der Waals surface area contributed by atoms with Gasteiger partial charge in [-0.25, -0.2) is 4.98 Å². The highest BCUT2D eigenvalue weighted by atomic mass is 16.6. The number of unbranched alkanes of at least 4 members (excludes halogenated alkanes) is 1. The second-order valence-corrected chi connectivity index (χ2v) is 7.46. The molecule has 1 atom stereocenters. The number of aromatic nitrogens is 4. The van der Waals surface area contributed by atoms with Gasteiger partial charge in [0.05, 0.1) is 23.8 Å². The highest BCUT2D eigenvalue weighted by molar-refractivity contribution is 5.90. The summed E-state index contributed by atoms with van der Waals surface area (Å²) in [6.45, 7) is 0.422. The first-order valence-electron chi connectivity index (χ1n) is 10.4. The summed E-state index contributed by atoms with van der Waals surface area (Å²) in [4.78, 5) is 29.2. The topological polar surface area (TPSA) is 102 Å². The van der Waals surface area contributed by atoms with E-state index in [1.165, 1.54) is 19.3 Å². The monoisotopic (exact) mass is 399 g/mol. The third-order valence-corrected chi connectivity index (χ3v) is 5.31. The molecule has 1 saturated carbocycles. The van der Waals surface area contributed by atoms with Crippen LogP contribution in [0.1, 0.15) is 63.1 Å². The van der Waals surface area contributed by atoms with Crippen molar-refractivity contribution >= 4 is 11.7 Å². The fourth-order valence-corrected chi connectivity index (χ4v) is 3.82. The fourth-order valence-electron chi connectivity index (χ4n) is 3.82. The normalized spacial score (nSPS) is 16.5. The maximum atomic E-state index is 10.7. The smallest absolute Gasteiger partial charge is 0.303 e. The number of imidazole rings is 1. The largest absolute Gasteiger partial charge is 0.481 e. The molecule has 29 heavy (non-hydrogen) atoms. The molecule has 1 aliphatic carbocycles. The van der Waals surface area contributed by atoms with Gasteiger partial charge < -0.3 is 14.5 Å². The average Bonchev–Trinajstić information content (AvgIpc) is 3.28. The van der Waals surface area contributed by atoms with E-state index < -0.39 is 5.97 Å². The Hall–Kier alpha value is -2.77. The Kier molecular flexibility index (Phi) is 8.15. The standard InChI is InChI=1S/C21H29N5O3/c27-20(28)8-4-5-13-29-25-21(17-6-2-1-3-7-17)19(26-12-11-23-16-26)14-18-15-22-9-10-24-18/h9-12,15-17,19H,1-8,13-14H2,(H,27,28). The van der Waals surface area contributed by atoms with Gasteiger partial charge in [0.1, 0.15) is 6.61 Å². The molecule has 8 heteroatoms. The van der Waals surface area contributed by atoms with E-state index >= 15 is 0 Å². The summed E-state index contributed by atoms with van der Waals surface area (Å²) in [5.41, 5.74) is 1.92. The molecule has 0 radical (unpaired) electrons. The van der Waals surface area contributed by atoms with Crippen LogP contribution in [0.4, 0.5) is 0 Å². The number of nitrogens with zero attached hydrogens (tertiary/aromatic N) is 5. The Labute approximate surface area is 171 Å². The van der Waals surface area contributed by atoms with Crippen LogP contribution >= 0.6 is 0 Å². The summed E-state index contributed by atoms with van der Waals surface area (Å²) >= 11 is 0. The average molecular weight is 399 g/mol. The Balaban J connectivity index is 1.76. The van der Waals surface area contributed by atoms with Gasteiger partial charge in [0.25, 0.3) is 0 Å². The first-order chi connectivity index (χ1) is 14.2. The lowest BCUT2D eigenvalue weighted by Gasteiger charge is -2.29. The molecule has 0 aliphatic heterocycles. The molecule has 0 aromatic carbocycles. The number of carbonyl (C=O) groups is 1. The molecule has 2 aromatic rings. The van der Waals surface area contributed by atoms with Crippen LogP contribution in [0.5, 0.6) is 0 Å². The van der Waals surface area contributed by atoms with Gasteiger partial charge in [0, 0.05) is 49.7 Å². The molecule has 0 amide bonds. The van der Waals surface area contributed by atoms with Gasteiger partial charge in [0.2, 0.25) is 0 Å². The van der Waals surface area contributed by atoms with Crippen LogP contribution in [0.25, 0.3) is 0 Å². The van der Waals surface area contributed by atoms with Gasteiger partial charge in [-0.1, -0.05) is 24.4 Å². The van der Waals surface area contributed by atoms with Crippen LogP contribution in [0.15, 0.2) is 42.5 Å². The highest BCUT2D eigenvalue weighted by Gasteiger charge is 2.29. The van der Waals surface area contributed by atoms with E-state index in [4.69, 9.17) is 9.94 Å². The molecule has 8 nitrogen and oxygen atoms in total. The second-order valence-electron chi connectivity index (χ2n) is 7.46. The SMILES string of the molecule is O=C(O)CCCCON=C(C1CCCCC1)C(Cc1cnccn1)n1ccnc1. The molecule has 1 fully saturated rings. The molecule has 0 spiro atoms. The van der Waals surface area contributed by atoms with Crippen LogP contribution in [-0.4, -0.2) is 42.9 Å². The van der Waals surface area contributed by atoms with Gasteiger partial charge in [-0.05, 0) is 25.7 Å². The molecule has 156 valence electrons. The van der Waals surface area contributed by atoms with Crippen molar-refractivity contribution in [2.75, 3.05) is 6.61 Å². The minimum atomic E-state index is -0.777. The van der Waals surface area contributed by atoms with Gasteiger partial charge in [0.15, 0.2) is 0 Å². The van der Waals surface area contributed by atoms with Crippen LogP contribution in [0.2, 0.25) is 0 Å². The van der Waals surface area contributed by atoms with E-state index in [-0.39, 0.29) is 12.5 Å². The summed E-state index contributed by atoms with van der Waals surface area (Å²) < 4.78 is 2.07. The number of oxime groups is 1. The van der Waals surface area contributed by atoms with Crippen molar-refractivity contribution in [3.05, 3.63) is 43.0 Å². The molecule has 1 aliphatic rings. The summed E-state index contributed by atoms with van der Waals surface area (Å²) in [7, 11) is 0. The molecule has 2 aromatic heterocycles. The van der Waals surface area contributed by atoms with Gasteiger partial charge in [-0.15, -0.1) is 0 Å². The fraction of sp³-hybridized carbons (Fsp3) is 0.571. The number of rotatable bonds is 11. The third-order valence-electron chi connectivity index (χ3n) is 5.31. The number of carboxylic acids is 1. The first kappa shape index (κ1) is 21.0. The van der Waals surface area contributed by atoms with Crippen molar-refractivity contribution in [3.8, 4) is 0 Å².